The van der Waals surface area contributed by atoms with E-state index in [1.807, 2.05) is 37.3 Å². The fourth-order valence-electron chi connectivity index (χ4n) is 2.16. The molecular formula is C15H21NO. The zero-order valence-corrected chi connectivity index (χ0v) is 10.8. The minimum atomic E-state index is -0.384. The fourth-order valence-corrected chi connectivity index (χ4v) is 2.16. The Labute approximate surface area is 104 Å². The Kier molecular flexibility index (Phi) is 5.72. The monoisotopic (exact) mass is 231 g/mol. The normalized spacial score (nSPS) is 13.9. The van der Waals surface area contributed by atoms with Gasteiger partial charge in [-0.15, -0.1) is 0 Å². The summed E-state index contributed by atoms with van der Waals surface area (Å²) in [6, 6.07) is 12.6. The third kappa shape index (κ3) is 3.57. The topological polar surface area (TPSA) is 33.0 Å². The molecule has 1 rings (SSSR count). The molecule has 0 saturated carbocycles. The van der Waals surface area contributed by atoms with E-state index in [9.17, 15) is 5.26 Å². The van der Waals surface area contributed by atoms with E-state index in [1.165, 1.54) is 0 Å². The van der Waals surface area contributed by atoms with E-state index in [2.05, 4.69) is 13.0 Å². The van der Waals surface area contributed by atoms with Crippen LogP contribution in [0.2, 0.25) is 0 Å². The predicted molar refractivity (Wildman–Crippen MR) is 69.8 cm³/mol. The molecule has 1 atom stereocenters. The Morgan fingerprint density at radius 2 is 1.88 bits per heavy atom. The maximum absolute atomic E-state index is 9.55. The molecule has 0 unspecified atom stereocenters. The average Bonchev–Trinajstić information content (AvgIpc) is 2.39. The maximum Gasteiger partial charge on any atom is 0.0844 e. The molecule has 0 aliphatic carbocycles. The minimum absolute atomic E-state index is 0.384. The molecule has 0 N–H and O–H groups in total. The van der Waals surface area contributed by atoms with Gasteiger partial charge in [-0.25, -0.2) is 0 Å². The fraction of sp³-hybridized carbons (Fsp3) is 0.533. The van der Waals surface area contributed by atoms with Crippen LogP contribution in [0.25, 0.3) is 0 Å². The van der Waals surface area contributed by atoms with Crippen molar-refractivity contribution >= 4 is 0 Å². The Morgan fingerprint density at radius 1 is 1.18 bits per heavy atom. The van der Waals surface area contributed by atoms with Crippen molar-refractivity contribution in [3.05, 3.63) is 35.9 Å². The Balaban J connectivity index is 2.89. The van der Waals surface area contributed by atoms with Gasteiger partial charge in [0.15, 0.2) is 0 Å². The zero-order valence-electron chi connectivity index (χ0n) is 10.8. The molecule has 0 aliphatic heterocycles. The molecule has 0 radical (unpaired) electrons. The van der Waals surface area contributed by atoms with Crippen LogP contribution in [0.3, 0.4) is 0 Å². The molecule has 92 valence electrons. The summed E-state index contributed by atoms with van der Waals surface area (Å²) in [6.07, 6.45) is 2.67. The zero-order chi connectivity index (χ0) is 12.6. The van der Waals surface area contributed by atoms with Gasteiger partial charge in [0.1, 0.15) is 0 Å². The van der Waals surface area contributed by atoms with Gasteiger partial charge in [0.25, 0.3) is 0 Å². The van der Waals surface area contributed by atoms with Crippen LogP contribution < -0.4 is 0 Å². The van der Waals surface area contributed by atoms with Crippen molar-refractivity contribution < 1.29 is 4.74 Å². The maximum atomic E-state index is 9.55. The van der Waals surface area contributed by atoms with Crippen molar-refractivity contribution in [2.75, 3.05) is 13.2 Å². The molecule has 0 aromatic heterocycles. The van der Waals surface area contributed by atoms with Gasteiger partial charge >= 0.3 is 0 Å². The lowest BCUT2D eigenvalue weighted by Crippen LogP contribution is -2.26. The highest BCUT2D eigenvalue weighted by Crippen LogP contribution is 2.32. The summed E-state index contributed by atoms with van der Waals surface area (Å²) in [4.78, 5) is 0. The first kappa shape index (κ1) is 13.7. The molecular weight excluding hydrogens is 210 g/mol. The van der Waals surface area contributed by atoms with Crippen molar-refractivity contribution in [3.8, 4) is 6.07 Å². The number of benzene rings is 1. The second kappa shape index (κ2) is 7.09. The molecule has 0 saturated heterocycles. The summed E-state index contributed by atoms with van der Waals surface area (Å²) in [5, 5.41) is 9.55. The SMILES string of the molecule is CCC[C@](C#N)(CCOCC)c1ccccc1. The number of hydrogen-bond acceptors (Lipinski definition) is 2. The molecule has 17 heavy (non-hydrogen) atoms. The highest BCUT2D eigenvalue weighted by Gasteiger charge is 2.30. The first-order chi connectivity index (χ1) is 8.29. The van der Waals surface area contributed by atoms with E-state index in [4.69, 9.17) is 4.74 Å². The number of rotatable bonds is 7. The van der Waals surface area contributed by atoms with Crippen LogP contribution in [0.5, 0.6) is 0 Å². The van der Waals surface area contributed by atoms with Gasteiger partial charge in [-0.05, 0) is 25.3 Å². The second-order valence-corrected chi connectivity index (χ2v) is 4.26. The minimum Gasteiger partial charge on any atom is -0.382 e. The van der Waals surface area contributed by atoms with Crippen LogP contribution in [-0.4, -0.2) is 13.2 Å². The molecule has 0 amide bonds. The van der Waals surface area contributed by atoms with Crippen LogP contribution in [0.1, 0.15) is 38.7 Å². The second-order valence-electron chi connectivity index (χ2n) is 4.26. The van der Waals surface area contributed by atoms with Crippen LogP contribution in [0, 0.1) is 11.3 Å². The van der Waals surface area contributed by atoms with Gasteiger partial charge in [-0.2, -0.15) is 5.26 Å². The van der Waals surface area contributed by atoms with E-state index < -0.39 is 0 Å². The van der Waals surface area contributed by atoms with E-state index in [-0.39, 0.29) is 5.41 Å². The Morgan fingerprint density at radius 3 is 2.41 bits per heavy atom. The summed E-state index contributed by atoms with van der Waals surface area (Å²) < 4.78 is 5.41. The van der Waals surface area contributed by atoms with Crippen molar-refractivity contribution in [2.45, 2.75) is 38.5 Å². The van der Waals surface area contributed by atoms with Crippen LogP contribution in [0.4, 0.5) is 0 Å². The van der Waals surface area contributed by atoms with E-state index in [0.717, 1.165) is 24.8 Å². The molecule has 0 fully saturated rings. The standard InChI is InChI=1S/C15H21NO/c1-3-10-15(13-16,11-12-17-4-2)14-8-6-5-7-9-14/h5-9H,3-4,10-12H2,1-2H3/t15-/m1/s1. The lowest BCUT2D eigenvalue weighted by molar-refractivity contribution is 0.131. The first-order valence-electron chi connectivity index (χ1n) is 6.33. The first-order valence-corrected chi connectivity index (χ1v) is 6.33. The smallest absolute Gasteiger partial charge is 0.0844 e. The van der Waals surface area contributed by atoms with Crippen molar-refractivity contribution in [1.29, 1.82) is 5.26 Å². The summed E-state index contributed by atoms with van der Waals surface area (Å²) in [5.74, 6) is 0. The molecule has 2 heteroatoms. The highest BCUT2D eigenvalue weighted by atomic mass is 16.5. The van der Waals surface area contributed by atoms with Gasteiger partial charge in [0.2, 0.25) is 0 Å². The van der Waals surface area contributed by atoms with E-state index >= 15 is 0 Å². The number of nitrogens with zero attached hydrogens (tertiary/aromatic N) is 1. The van der Waals surface area contributed by atoms with Gasteiger partial charge in [0, 0.05) is 13.2 Å². The van der Waals surface area contributed by atoms with Gasteiger partial charge in [0.05, 0.1) is 11.5 Å². The van der Waals surface area contributed by atoms with Crippen molar-refractivity contribution in [2.24, 2.45) is 0 Å². The molecule has 0 spiro atoms. The third-order valence-corrected chi connectivity index (χ3v) is 3.09. The Hall–Kier alpha value is -1.33. The lowest BCUT2D eigenvalue weighted by atomic mass is 9.76. The lowest BCUT2D eigenvalue weighted by Gasteiger charge is -2.26. The Bertz CT molecular complexity index is 355. The molecule has 0 heterocycles. The van der Waals surface area contributed by atoms with E-state index in [1.54, 1.807) is 0 Å². The molecule has 0 aliphatic rings. The largest absolute Gasteiger partial charge is 0.382 e. The highest BCUT2D eigenvalue weighted by molar-refractivity contribution is 5.32. The van der Waals surface area contributed by atoms with Crippen LogP contribution >= 0.6 is 0 Å². The van der Waals surface area contributed by atoms with Gasteiger partial charge in [-0.1, -0.05) is 43.7 Å². The quantitative estimate of drug-likeness (QED) is 0.671. The summed E-state index contributed by atoms with van der Waals surface area (Å²) in [7, 11) is 0. The number of hydrogen-bond donors (Lipinski definition) is 0. The van der Waals surface area contributed by atoms with Crippen LogP contribution in [0.15, 0.2) is 30.3 Å². The molecule has 1 aromatic carbocycles. The molecule has 1 aromatic rings. The van der Waals surface area contributed by atoms with Crippen LogP contribution in [-0.2, 0) is 10.2 Å². The van der Waals surface area contributed by atoms with Crippen molar-refractivity contribution in [1.82, 2.24) is 0 Å². The summed E-state index contributed by atoms with van der Waals surface area (Å²) in [5.41, 5.74) is 0.731. The predicted octanol–water partition coefficient (Wildman–Crippen LogP) is 3.67. The van der Waals surface area contributed by atoms with Gasteiger partial charge < -0.3 is 4.74 Å². The summed E-state index contributed by atoms with van der Waals surface area (Å²) in [6.45, 7) is 5.47. The number of ether oxygens (including phenoxy) is 1. The number of nitriles is 1. The van der Waals surface area contributed by atoms with E-state index in [0.29, 0.717) is 13.2 Å². The van der Waals surface area contributed by atoms with Crippen molar-refractivity contribution in [3.63, 3.8) is 0 Å². The average molecular weight is 231 g/mol. The molecule has 0 bridgehead atoms. The van der Waals surface area contributed by atoms with Gasteiger partial charge in [-0.3, -0.25) is 0 Å². The summed E-state index contributed by atoms with van der Waals surface area (Å²) >= 11 is 0. The molecule has 2 nitrogen and oxygen atoms in total. The third-order valence-electron chi connectivity index (χ3n) is 3.09.